The summed E-state index contributed by atoms with van der Waals surface area (Å²) in [7, 11) is 0. The largest absolute Gasteiger partial charge is 0.341 e. The number of amides is 1. The van der Waals surface area contributed by atoms with Crippen molar-refractivity contribution in [3.8, 4) is 0 Å². The van der Waals surface area contributed by atoms with Gasteiger partial charge in [0.2, 0.25) is 11.9 Å². The monoisotopic (exact) mass is 383 g/mol. The van der Waals surface area contributed by atoms with Gasteiger partial charge in [0.1, 0.15) is 0 Å². The van der Waals surface area contributed by atoms with Crippen molar-refractivity contribution in [2.45, 2.75) is 19.8 Å². The Kier molecular flexibility index (Phi) is 4.99. The number of carbonyl (C=O) groups excluding carboxylic acids is 1. The van der Waals surface area contributed by atoms with Crippen LogP contribution in [-0.4, -0.2) is 51.6 Å². The number of aryl methyl sites for hydroxylation is 1. The number of hydrogen-bond acceptors (Lipinski definition) is 4. The number of carbonyl (C=O) groups is 1. The normalized spacial score (nSPS) is 15.2. The van der Waals surface area contributed by atoms with E-state index in [-0.39, 0.29) is 5.91 Å². The summed E-state index contributed by atoms with van der Waals surface area (Å²) in [5, 5.41) is 9.19. The molecule has 1 aliphatic heterocycles. The average molecular weight is 384 g/mol. The summed E-state index contributed by atoms with van der Waals surface area (Å²) < 4.78 is 1.91. The molecule has 0 unspecified atom stereocenters. The topological polar surface area (TPSA) is 53.7 Å². The lowest BCUT2D eigenvalue weighted by atomic mass is 10.1. The van der Waals surface area contributed by atoms with E-state index in [9.17, 15) is 4.79 Å². The Morgan fingerprint density at radius 2 is 1.85 bits per heavy atom. The minimum absolute atomic E-state index is 0.176. The summed E-state index contributed by atoms with van der Waals surface area (Å²) >= 11 is 6.12. The molecular formula is C20H22ClN5O. The molecule has 0 atom stereocenters. The molecule has 0 bridgehead atoms. The molecule has 6 nitrogen and oxygen atoms in total. The Labute approximate surface area is 163 Å². The van der Waals surface area contributed by atoms with E-state index < -0.39 is 0 Å². The SMILES string of the molecule is Cc1ccc(CC(=O)N2CCCN(c3nnc4ccc(Cl)cn34)CC2)cc1. The minimum Gasteiger partial charge on any atom is -0.341 e. The van der Waals surface area contributed by atoms with E-state index in [4.69, 9.17) is 11.6 Å². The summed E-state index contributed by atoms with van der Waals surface area (Å²) in [6.07, 6.45) is 3.18. The number of halogens is 1. The number of aromatic nitrogens is 3. The van der Waals surface area contributed by atoms with Crippen LogP contribution in [0.4, 0.5) is 5.95 Å². The standard InChI is InChI=1S/C20H22ClN5O/c1-15-3-5-16(6-4-15)13-19(27)24-9-2-10-25(12-11-24)20-23-22-18-8-7-17(21)14-26(18)20/h3-8,14H,2,9-13H2,1H3. The fraction of sp³-hybridized carbons (Fsp3) is 0.350. The van der Waals surface area contributed by atoms with Gasteiger partial charge in [-0.3, -0.25) is 9.20 Å². The molecular weight excluding hydrogens is 362 g/mol. The van der Waals surface area contributed by atoms with Crippen LogP contribution < -0.4 is 4.90 Å². The molecule has 0 spiro atoms. The van der Waals surface area contributed by atoms with Crippen LogP contribution >= 0.6 is 11.6 Å². The lowest BCUT2D eigenvalue weighted by molar-refractivity contribution is -0.130. The van der Waals surface area contributed by atoms with Gasteiger partial charge in [-0.15, -0.1) is 10.2 Å². The molecule has 3 aromatic rings. The number of benzene rings is 1. The maximum absolute atomic E-state index is 12.7. The number of anilines is 1. The van der Waals surface area contributed by atoms with Gasteiger partial charge in [-0.25, -0.2) is 0 Å². The van der Waals surface area contributed by atoms with Gasteiger partial charge in [0.15, 0.2) is 5.65 Å². The number of pyridine rings is 1. The first-order valence-electron chi connectivity index (χ1n) is 9.19. The van der Waals surface area contributed by atoms with Gasteiger partial charge in [-0.2, -0.15) is 0 Å². The van der Waals surface area contributed by atoms with Crippen LogP contribution in [0.15, 0.2) is 42.6 Å². The summed E-state index contributed by atoms with van der Waals surface area (Å²) in [5.74, 6) is 0.954. The molecule has 0 saturated carbocycles. The van der Waals surface area contributed by atoms with Gasteiger partial charge >= 0.3 is 0 Å². The van der Waals surface area contributed by atoms with E-state index in [0.29, 0.717) is 18.0 Å². The predicted octanol–water partition coefficient (Wildman–Crippen LogP) is 2.97. The van der Waals surface area contributed by atoms with Gasteiger partial charge in [0.25, 0.3) is 0 Å². The Morgan fingerprint density at radius 3 is 2.67 bits per heavy atom. The third kappa shape index (κ3) is 3.90. The van der Waals surface area contributed by atoms with Crippen molar-refractivity contribution in [2.24, 2.45) is 0 Å². The lowest BCUT2D eigenvalue weighted by Gasteiger charge is -2.22. The number of fused-ring (bicyclic) bond motifs is 1. The second kappa shape index (κ2) is 7.56. The van der Waals surface area contributed by atoms with Crippen LogP contribution in [0.1, 0.15) is 17.5 Å². The van der Waals surface area contributed by atoms with E-state index in [2.05, 4.69) is 22.0 Å². The minimum atomic E-state index is 0.176. The van der Waals surface area contributed by atoms with Crippen molar-refractivity contribution in [2.75, 3.05) is 31.1 Å². The van der Waals surface area contributed by atoms with Gasteiger partial charge in [-0.1, -0.05) is 41.4 Å². The molecule has 1 fully saturated rings. The van der Waals surface area contributed by atoms with E-state index in [0.717, 1.165) is 43.2 Å². The fourth-order valence-electron chi connectivity index (χ4n) is 3.43. The zero-order chi connectivity index (χ0) is 18.8. The smallest absolute Gasteiger partial charge is 0.231 e. The lowest BCUT2D eigenvalue weighted by Crippen LogP contribution is -2.36. The molecule has 1 aliphatic rings. The van der Waals surface area contributed by atoms with Crippen molar-refractivity contribution < 1.29 is 4.79 Å². The van der Waals surface area contributed by atoms with Crippen molar-refractivity contribution in [1.29, 1.82) is 0 Å². The maximum atomic E-state index is 12.7. The molecule has 3 heterocycles. The molecule has 0 radical (unpaired) electrons. The van der Waals surface area contributed by atoms with Gasteiger partial charge in [0, 0.05) is 32.4 Å². The summed E-state index contributed by atoms with van der Waals surface area (Å²) in [5.41, 5.74) is 3.04. The summed E-state index contributed by atoms with van der Waals surface area (Å²) in [4.78, 5) is 16.8. The molecule has 1 saturated heterocycles. The Balaban J connectivity index is 1.44. The molecule has 140 valence electrons. The van der Waals surface area contributed by atoms with Crippen molar-refractivity contribution in [3.05, 3.63) is 58.7 Å². The third-order valence-corrected chi connectivity index (χ3v) is 5.18. The zero-order valence-electron chi connectivity index (χ0n) is 15.3. The van der Waals surface area contributed by atoms with Crippen LogP contribution in [0.2, 0.25) is 5.02 Å². The highest BCUT2D eigenvalue weighted by Crippen LogP contribution is 2.19. The number of nitrogens with zero attached hydrogens (tertiary/aromatic N) is 5. The van der Waals surface area contributed by atoms with E-state index in [1.807, 2.05) is 51.9 Å². The van der Waals surface area contributed by atoms with Gasteiger partial charge in [0.05, 0.1) is 11.4 Å². The first-order chi connectivity index (χ1) is 13.1. The van der Waals surface area contributed by atoms with Gasteiger partial charge < -0.3 is 9.80 Å². The van der Waals surface area contributed by atoms with E-state index >= 15 is 0 Å². The average Bonchev–Trinajstić information content (AvgIpc) is 2.91. The maximum Gasteiger partial charge on any atom is 0.231 e. The molecule has 4 rings (SSSR count). The first kappa shape index (κ1) is 17.8. The first-order valence-corrected chi connectivity index (χ1v) is 9.56. The molecule has 27 heavy (non-hydrogen) atoms. The van der Waals surface area contributed by atoms with E-state index in [1.54, 1.807) is 0 Å². The predicted molar refractivity (Wildman–Crippen MR) is 106 cm³/mol. The molecule has 1 aromatic carbocycles. The highest BCUT2D eigenvalue weighted by atomic mass is 35.5. The Bertz CT molecular complexity index is 953. The molecule has 2 aromatic heterocycles. The van der Waals surface area contributed by atoms with E-state index in [1.165, 1.54) is 5.56 Å². The highest BCUT2D eigenvalue weighted by Gasteiger charge is 2.22. The summed E-state index contributed by atoms with van der Waals surface area (Å²) in [6.45, 7) is 5.06. The molecule has 0 N–H and O–H groups in total. The second-order valence-corrected chi connectivity index (χ2v) is 7.40. The van der Waals surface area contributed by atoms with Crippen LogP contribution in [0.25, 0.3) is 5.65 Å². The van der Waals surface area contributed by atoms with Crippen LogP contribution in [0.5, 0.6) is 0 Å². The van der Waals surface area contributed by atoms with Crippen molar-refractivity contribution in [3.63, 3.8) is 0 Å². The van der Waals surface area contributed by atoms with Gasteiger partial charge in [-0.05, 0) is 31.0 Å². The number of rotatable bonds is 3. The second-order valence-electron chi connectivity index (χ2n) is 6.96. The molecule has 0 aliphatic carbocycles. The molecule has 1 amide bonds. The fourth-order valence-corrected chi connectivity index (χ4v) is 3.59. The Morgan fingerprint density at radius 1 is 1.04 bits per heavy atom. The Hall–Kier alpha value is -2.60. The van der Waals surface area contributed by atoms with Crippen molar-refractivity contribution in [1.82, 2.24) is 19.5 Å². The van der Waals surface area contributed by atoms with Crippen LogP contribution in [0, 0.1) is 6.92 Å². The van der Waals surface area contributed by atoms with Crippen LogP contribution in [0.3, 0.4) is 0 Å². The molecule has 7 heteroatoms. The third-order valence-electron chi connectivity index (χ3n) is 4.96. The summed E-state index contributed by atoms with van der Waals surface area (Å²) in [6, 6.07) is 11.8. The number of hydrogen-bond donors (Lipinski definition) is 0. The van der Waals surface area contributed by atoms with Crippen LogP contribution in [-0.2, 0) is 11.2 Å². The van der Waals surface area contributed by atoms with Crippen molar-refractivity contribution >= 4 is 29.1 Å². The zero-order valence-corrected chi connectivity index (χ0v) is 16.1. The quantitative estimate of drug-likeness (QED) is 0.697. The highest BCUT2D eigenvalue weighted by molar-refractivity contribution is 6.30.